The predicted octanol–water partition coefficient (Wildman–Crippen LogP) is 6.87. The molecule has 8 heteroatoms. The van der Waals surface area contributed by atoms with Gasteiger partial charge in [0.1, 0.15) is 10.9 Å². The smallest absolute Gasteiger partial charge is 0.296 e. The van der Waals surface area contributed by atoms with Crippen LogP contribution in [-0.2, 0) is 11.3 Å². The van der Waals surface area contributed by atoms with Gasteiger partial charge in [0.25, 0.3) is 11.7 Å². The summed E-state index contributed by atoms with van der Waals surface area (Å²) in [6.07, 6.45) is 0. The Morgan fingerprint density at radius 1 is 0.970 bits per heavy atom. The Morgan fingerprint density at radius 2 is 1.73 bits per heavy atom. The number of rotatable bonds is 7. The molecule has 1 aromatic heterocycles. The molecule has 0 bridgehead atoms. The van der Waals surface area contributed by atoms with Crippen molar-refractivity contribution in [1.82, 2.24) is 4.57 Å². The average molecular weight is 502 g/mol. The van der Waals surface area contributed by atoms with Crippen LogP contribution in [0.15, 0.2) is 66.7 Å². The highest BCUT2D eigenvalue weighted by molar-refractivity contribution is 6.52. The predicted molar refractivity (Wildman–Crippen MR) is 133 cm³/mol. The number of Topliss-reactive ketones (excluding diaryl/α,β-unsaturated/α-hetero) is 1. The third-order valence-corrected chi connectivity index (χ3v) is 6.07. The van der Waals surface area contributed by atoms with E-state index in [4.69, 9.17) is 39.5 Å². The van der Waals surface area contributed by atoms with Gasteiger partial charge in [-0.15, -0.1) is 0 Å². The molecular formula is C25H19Cl3N2O3. The van der Waals surface area contributed by atoms with Gasteiger partial charge in [-0.05, 0) is 55.0 Å². The third-order valence-electron chi connectivity index (χ3n) is 5.09. The lowest BCUT2D eigenvalue weighted by molar-refractivity contribution is -0.112. The number of benzene rings is 3. The van der Waals surface area contributed by atoms with Crippen molar-refractivity contribution in [3.63, 3.8) is 0 Å². The highest BCUT2D eigenvalue weighted by Crippen LogP contribution is 2.35. The molecule has 0 radical (unpaired) electrons. The number of nitrogens with zero attached hydrogens (tertiary/aromatic N) is 1. The van der Waals surface area contributed by atoms with Crippen LogP contribution in [0.4, 0.5) is 5.69 Å². The molecule has 0 aliphatic carbocycles. The fraction of sp³-hybridized carbons (Fsp3) is 0.120. The molecule has 3 aromatic carbocycles. The Balaban J connectivity index is 1.80. The second-order valence-corrected chi connectivity index (χ2v) is 8.45. The van der Waals surface area contributed by atoms with Crippen LogP contribution in [0, 0.1) is 0 Å². The van der Waals surface area contributed by atoms with Gasteiger partial charge in [0.2, 0.25) is 0 Å². The number of nitrogens with one attached hydrogen (secondary N) is 1. The van der Waals surface area contributed by atoms with Gasteiger partial charge in [-0.2, -0.15) is 0 Å². The number of carbonyl (C=O) groups is 2. The van der Waals surface area contributed by atoms with Crippen molar-refractivity contribution >= 4 is 63.1 Å². The summed E-state index contributed by atoms with van der Waals surface area (Å²) < 4.78 is 7.35. The largest absolute Gasteiger partial charge is 0.494 e. The quantitative estimate of drug-likeness (QED) is 0.222. The summed E-state index contributed by atoms with van der Waals surface area (Å²) in [7, 11) is 0. The van der Waals surface area contributed by atoms with Crippen molar-refractivity contribution in [2.45, 2.75) is 13.5 Å². The van der Waals surface area contributed by atoms with Crippen LogP contribution < -0.4 is 10.1 Å². The summed E-state index contributed by atoms with van der Waals surface area (Å²) in [6, 6.07) is 19.2. The van der Waals surface area contributed by atoms with Gasteiger partial charge < -0.3 is 14.6 Å². The summed E-state index contributed by atoms with van der Waals surface area (Å²) >= 11 is 19.1. The monoisotopic (exact) mass is 500 g/mol. The normalized spacial score (nSPS) is 10.9. The molecule has 1 N–H and O–H groups in total. The molecule has 4 rings (SSSR count). The third kappa shape index (κ3) is 4.86. The lowest BCUT2D eigenvalue weighted by Gasteiger charge is -2.10. The van der Waals surface area contributed by atoms with E-state index in [1.807, 2.05) is 19.1 Å². The minimum absolute atomic E-state index is 0.103. The number of ketones is 1. The van der Waals surface area contributed by atoms with E-state index < -0.39 is 11.7 Å². The van der Waals surface area contributed by atoms with E-state index in [-0.39, 0.29) is 17.3 Å². The molecule has 0 saturated carbocycles. The molecule has 0 unspecified atom stereocenters. The Morgan fingerprint density at radius 3 is 2.42 bits per heavy atom. The summed E-state index contributed by atoms with van der Waals surface area (Å²) in [4.78, 5) is 26.0. The van der Waals surface area contributed by atoms with E-state index in [1.165, 1.54) is 0 Å². The average Bonchev–Trinajstić information content (AvgIpc) is 3.06. The molecule has 1 heterocycles. The van der Waals surface area contributed by atoms with Crippen LogP contribution in [0.25, 0.3) is 10.9 Å². The van der Waals surface area contributed by atoms with Gasteiger partial charge in [-0.1, -0.05) is 59.1 Å². The highest BCUT2D eigenvalue weighted by atomic mass is 35.5. The molecule has 4 aromatic rings. The van der Waals surface area contributed by atoms with Gasteiger partial charge in [-0.25, -0.2) is 0 Å². The highest BCUT2D eigenvalue weighted by Gasteiger charge is 2.27. The number of fused-ring (bicyclic) bond motifs is 1. The van der Waals surface area contributed by atoms with Crippen molar-refractivity contribution in [2.24, 2.45) is 0 Å². The fourth-order valence-electron chi connectivity index (χ4n) is 3.57. The summed E-state index contributed by atoms with van der Waals surface area (Å²) in [5, 5.41) is 4.27. The zero-order valence-electron chi connectivity index (χ0n) is 17.6. The molecule has 5 nitrogen and oxygen atoms in total. The first-order chi connectivity index (χ1) is 15.9. The van der Waals surface area contributed by atoms with Crippen LogP contribution in [0.1, 0.15) is 22.8 Å². The van der Waals surface area contributed by atoms with Gasteiger partial charge in [0, 0.05) is 21.1 Å². The number of ether oxygens (including phenoxy) is 1. The second kappa shape index (κ2) is 9.87. The number of halogens is 3. The van der Waals surface area contributed by atoms with Crippen molar-refractivity contribution in [3.05, 3.63) is 93.1 Å². The number of carbonyl (C=O) groups excluding carboxylic acids is 2. The number of para-hydroxylation sites is 1. The molecule has 0 spiro atoms. The second-order valence-electron chi connectivity index (χ2n) is 7.25. The number of hydrogen-bond donors (Lipinski definition) is 1. The van der Waals surface area contributed by atoms with Gasteiger partial charge >= 0.3 is 0 Å². The zero-order valence-corrected chi connectivity index (χ0v) is 19.8. The zero-order chi connectivity index (χ0) is 23.5. The van der Waals surface area contributed by atoms with Gasteiger partial charge in [0.05, 0.1) is 24.2 Å². The Kier molecular flexibility index (Phi) is 6.94. The maximum absolute atomic E-state index is 13.2. The minimum atomic E-state index is -0.784. The van der Waals surface area contributed by atoms with Crippen LogP contribution in [0.5, 0.6) is 5.75 Å². The van der Waals surface area contributed by atoms with Crippen molar-refractivity contribution in [1.29, 1.82) is 0 Å². The van der Waals surface area contributed by atoms with E-state index in [1.54, 1.807) is 59.2 Å². The minimum Gasteiger partial charge on any atom is -0.494 e. The Hall–Kier alpha value is -2.99. The number of aromatic nitrogens is 1. The standard InChI is InChI=1S/C25H19Cl3N2O3/c1-2-33-18-10-11-21-19(13-18)22(23(31)25(32)29-17-6-4-3-5-7-17)24(28)30(21)14-15-8-9-16(26)12-20(15)27/h3-13H,2,14H2,1H3,(H,29,32). The van der Waals surface area contributed by atoms with E-state index in [0.717, 1.165) is 5.56 Å². The van der Waals surface area contributed by atoms with E-state index >= 15 is 0 Å². The van der Waals surface area contributed by atoms with Crippen LogP contribution >= 0.6 is 34.8 Å². The molecule has 1 amide bonds. The SMILES string of the molecule is CCOc1ccc2c(c1)c(C(=O)C(=O)Nc1ccccc1)c(Cl)n2Cc1ccc(Cl)cc1Cl. The van der Waals surface area contributed by atoms with E-state index in [2.05, 4.69) is 5.32 Å². The molecule has 0 aliphatic heterocycles. The first-order valence-electron chi connectivity index (χ1n) is 10.2. The topological polar surface area (TPSA) is 60.3 Å². The molecule has 0 fully saturated rings. The first kappa shape index (κ1) is 23.2. The summed E-state index contributed by atoms with van der Waals surface area (Å²) in [5.74, 6) is -0.960. The molecule has 0 aliphatic rings. The van der Waals surface area contributed by atoms with E-state index in [9.17, 15) is 9.59 Å². The lowest BCUT2D eigenvalue weighted by Crippen LogP contribution is -2.23. The fourth-order valence-corrected chi connectivity index (χ4v) is 4.38. The Labute approximate surface area is 205 Å². The van der Waals surface area contributed by atoms with Crippen LogP contribution in [0.3, 0.4) is 0 Å². The summed E-state index contributed by atoms with van der Waals surface area (Å²) in [6.45, 7) is 2.61. The maximum atomic E-state index is 13.2. The van der Waals surface area contributed by atoms with Crippen LogP contribution in [-0.4, -0.2) is 22.9 Å². The lowest BCUT2D eigenvalue weighted by atomic mass is 10.1. The molecule has 0 saturated heterocycles. The van der Waals surface area contributed by atoms with Crippen molar-refractivity contribution in [3.8, 4) is 5.75 Å². The summed E-state index contributed by atoms with van der Waals surface area (Å²) in [5.41, 5.74) is 2.05. The number of amides is 1. The molecule has 33 heavy (non-hydrogen) atoms. The molecule has 0 atom stereocenters. The van der Waals surface area contributed by atoms with Crippen LogP contribution in [0.2, 0.25) is 15.2 Å². The van der Waals surface area contributed by atoms with E-state index in [0.29, 0.717) is 39.0 Å². The Bertz CT molecular complexity index is 1350. The maximum Gasteiger partial charge on any atom is 0.296 e. The number of hydrogen-bond acceptors (Lipinski definition) is 3. The van der Waals surface area contributed by atoms with Crippen molar-refractivity contribution < 1.29 is 14.3 Å². The van der Waals surface area contributed by atoms with Crippen molar-refractivity contribution in [2.75, 3.05) is 11.9 Å². The molecule has 168 valence electrons. The first-order valence-corrected chi connectivity index (χ1v) is 11.3. The van der Waals surface area contributed by atoms with Gasteiger partial charge in [0.15, 0.2) is 0 Å². The number of anilines is 1. The molecular weight excluding hydrogens is 483 g/mol. The van der Waals surface area contributed by atoms with Gasteiger partial charge in [-0.3, -0.25) is 9.59 Å².